The quantitative estimate of drug-likeness (QED) is 0.840. The van der Waals surface area contributed by atoms with Gasteiger partial charge < -0.3 is 5.11 Å². The van der Waals surface area contributed by atoms with Crippen LogP contribution in [0.15, 0.2) is 0 Å². The van der Waals surface area contributed by atoms with Crippen LogP contribution >= 0.6 is 0 Å². The van der Waals surface area contributed by atoms with E-state index in [-0.39, 0.29) is 0 Å². The molecule has 0 aromatic rings. The van der Waals surface area contributed by atoms with Crippen molar-refractivity contribution in [1.82, 2.24) is 4.90 Å². The van der Waals surface area contributed by atoms with Gasteiger partial charge in [0, 0.05) is 19.0 Å². The number of carboxylic acid groups (broad SMARTS) is 1. The number of nitrogens with zero attached hydrogens (tertiary/aromatic N) is 1. The molecule has 104 valence electrons. The van der Waals surface area contributed by atoms with E-state index in [9.17, 15) is 4.79 Å². The second kappa shape index (κ2) is 6.05. The van der Waals surface area contributed by atoms with Crippen LogP contribution in [0.3, 0.4) is 0 Å². The fourth-order valence-corrected chi connectivity index (χ4v) is 4.17. The van der Waals surface area contributed by atoms with E-state index in [2.05, 4.69) is 18.7 Å². The molecule has 3 atom stereocenters. The predicted molar refractivity (Wildman–Crippen MR) is 72.5 cm³/mol. The average molecular weight is 253 g/mol. The minimum atomic E-state index is -0.633. The standard InChI is InChI=1S/C15H27NO2/c1-11-5-3-6-12(2)15(11)16-8-4-7-13(10-16)9-14(17)18/h11-13,15H,3-10H2,1-2H3,(H,17,18). The summed E-state index contributed by atoms with van der Waals surface area (Å²) in [5, 5.41) is 8.95. The molecular weight excluding hydrogens is 226 g/mol. The third-order valence-electron chi connectivity index (χ3n) is 4.92. The Hall–Kier alpha value is -0.570. The Labute approximate surface area is 111 Å². The first-order valence-electron chi connectivity index (χ1n) is 7.53. The second-order valence-corrected chi connectivity index (χ2v) is 6.48. The summed E-state index contributed by atoms with van der Waals surface area (Å²) in [4.78, 5) is 13.5. The Balaban J connectivity index is 1.96. The lowest BCUT2D eigenvalue weighted by Gasteiger charge is -2.46. The van der Waals surface area contributed by atoms with E-state index in [0.717, 1.165) is 24.8 Å². The van der Waals surface area contributed by atoms with Gasteiger partial charge in [-0.1, -0.05) is 20.3 Å². The van der Waals surface area contributed by atoms with Crippen molar-refractivity contribution >= 4 is 5.97 Å². The normalized spacial score (nSPS) is 38.6. The number of aliphatic carboxylic acids is 1. The van der Waals surface area contributed by atoms with Crippen LogP contribution in [-0.2, 0) is 4.79 Å². The van der Waals surface area contributed by atoms with Crippen LogP contribution in [0.4, 0.5) is 0 Å². The molecule has 3 heteroatoms. The van der Waals surface area contributed by atoms with Crippen LogP contribution in [0.25, 0.3) is 0 Å². The number of likely N-dealkylation sites (tertiary alicyclic amines) is 1. The van der Waals surface area contributed by atoms with Gasteiger partial charge in [-0.2, -0.15) is 0 Å². The van der Waals surface area contributed by atoms with Gasteiger partial charge in [-0.15, -0.1) is 0 Å². The van der Waals surface area contributed by atoms with Crippen LogP contribution in [0, 0.1) is 17.8 Å². The largest absolute Gasteiger partial charge is 0.481 e. The minimum absolute atomic E-state index is 0.353. The predicted octanol–water partition coefficient (Wildman–Crippen LogP) is 3.00. The van der Waals surface area contributed by atoms with E-state index in [1.54, 1.807) is 0 Å². The molecule has 2 rings (SSSR count). The van der Waals surface area contributed by atoms with Crippen LogP contribution in [0.5, 0.6) is 0 Å². The average Bonchev–Trinajstić information content (AvgIpc) is 2.28. The fourth-order valence-electron chi connectivity index (χ4n) is 4.17. The molecule has 2 aliphatic rings. The summed E-state index contributed by atoms with van der Waals surface area (Å²) in [5.74, 6) is 1.29. The summed E-state index contributed by atoms with van der Waals surface area (Å²) >= 11 is 0. The SMILES string of the molecule is CC1CCCC(C)C1N1CCCC(CC(=O)O)C1. The molecule has 1 N–H and O–H groups in total. The van der Waals surface area contributed by atoms with Crippen LogP contribution in [0.1, 0.15) is 52.4 Å². The number of carbonyl (C=O) groups is 1. The molecule has 0 aromatic heterocycles. The lowest BCUT2D eigenvalue weighted by atomic mass is 9.76. The van der Waals surface area contributed by atoms with Crippen LogP contribution in [-0.4, -0.2) is 35.1 Å². The lowest BCUT2D eigenvalue weighted by Crippen LogP contribution is -2.50. The number of piperidine rings is 1. The molecule has 1 aliphatic carbocycles. The monoisotopic (exact) mass is 253 g/mol. The maximum atomic E-state index is 10.9. The van der Waals surface area contributed by atoms with Crippen molar-refractivity contribution in [2.24, 2.45) is 17.8 Å². The first kappa shape index (κ1) is 13.9. The van der Waals surface area contributed by atoms with Gasteiger partial charge in [0.2, 0.25) is 0 Å². The molecule has 0 spiro atoms. The van der Waals surface area contributed by atoms with E-state index >= 15 is 0 Å². The van der Waals surface area contributed by atoms with Gasteiger partial charge in [-0.05, 0) is 50.0 Å². The highest BCUT2D eigenvalue weighted by Gasteiger charge is 2.35. The zero-order valence-corrected chi connectivity index (χ0v) is 11.8. The Morgan fingerprint density at radius 1 is 1.17 bits per heavy atom. The number of carboxylic acids is 1. The number of rotatable bonds is 3. The summed E-state index contributed by atoms with van der Waals surface area (Å²) in [5.41, 5.74) is 0. The van der Waals surface area contributed by atoms with Gasteiger partial charge >= 0.3 is 5.97 Å². The van der Waals surface area contributed by atoms with Gasteiger partial charge in [-0.25, -0.2) is 0 Å². The molecule has 2 fully saturated rings. The molecule has 3 nitrogen and oxygen atoms in total. The van der Waals surface area contributed by atoms with E-state index in [0.29, 0.717) is 18.4 Å². The Kier molecular flexibility index (Phi) is 4.66. The summed E-state index contributed by atoms with van der Waals surface area (Å²) in [6.45, 7) is 6.93. The summed E-state index contributed by atoms with van der Waals surface area (Å²) < 4.78 is 0. The van der Waals surface area contributed by atoms with Gasteiger partial charge in [0.25, 0.3) is 0 Å². The van der Waals surface area contributed by atoms with Crippen molar-refractivity contribution < 1.29 is 9.90 Å². The van der Waals surface area contributed by atoms with Gasteiger partial charge in [0.1, 0.15) is 0 Å². The zero-order chi connectivity index (χ0) is 13.1. The van der Waals surface area contributed by atoms with Gasteiger partial charge in [-0.3, -0.25) is 9.69 Å². The molecule has 0 aromatic carbocycles. The molecular formula is C15H27NO2. The first-order chi connectivity index (χ1) is 8.58. The third-order valence-corrected chi connectivity index (χ3v) is 4.92. The topological polar surface area (TPSA) is 40.5 Å². The molecule has 0 radical (unpaired) electrons. The maximum absolute atomic E-state index is 10.9. The first-order valence-corrected chi connectivity index (χ1v) is 7.53. The zero-order valence-electron chi connectivity index (χ0n) is 11.8. The fraction of sp³-hybridized carbons (Fsp3) is 0.933. The third kappa shape index (κ3) is 3.25. The van der Waals surface area contributed by atoms with Crippen molar-refractivity contribution in [2.45, 2.75) is 58.4 Å². The number of hydrogen-bond donors (Lipinski definition) is 1. The number of hydrogen-bond acceptors (Lipinski definition) is 2. The van der Waals surface area contributed by atoms with Crippen molar-refractivity contribution in [3.63, 3.8) is 0 Å². The van der Waals surface area contributed by atoms with Crippen LogP contribution in [0.2, 0.25) is 0 Å². The Bertz CT molecular complexity index is 282. The van der Waals surface area contributed by atoms with Crippen molar-refractivity contribution in [1.29, 1.82) is 0 Å². The molecule has 18 heavy (non-hydrogen) atoms. The summed E-state index contributed by atoms with van der Waals surface area (Å²) in [6.07, 6.45) is 6.67. The highest BCUT2D eigenvalue weighted by Crippen LogP contribution is 2.35. The van der Waals surface area contributed by atoms with Crippen LogP contribution < -0.4 is 0 Å². The molecule has 1 heterocycles. The summed E-state index contributed by atoms with van der Waals surface area (Å²) in [6, 6.07) is 0.690. The highest BCUT2D eigenvalue weighted by atomic mass is 16.4. The van der Waals surface area contributed by atoms with Crippen molar-refractivity contribution in [3.05, 3.63) is 0 Å². The Morgan fingerprint density at radius 2 is 1.83 bits per heavy atom. The van der Waals surface area contributed by atoms with E-state index in [4.69, 9.17) is 5.11 Å². The Morgan fingerprint density at radius 3 is 2.44 bits per heavy atom. The van der Waals surface area contributed by atoms with E-state index in [1.807, 2.05) is 0 Å². The lowest BCUT2D eigenvalue weighted by molar-refractivity contribution is -0.138. The van der Waals surface area contributed by atoms with E-state index < -0.39 is 5.97 Å². The van der Waals surface area contributed by atoms with Crippen molar-refractivity contribution in [2.75, 3.05) is 13.1 Å². The molecule has 0 amide bonds. The maximum Gasteiger partial charge on any atom is 0.303 e. The molecule has 1 aliphatic heterocycles. The molecule has 1 saturated carbocycles. The van der Waals surface area contributed by atoms with Crippen molar-refractivity contribution in [3.8, 4) is 0 Å². The van der Waals surface area contributed by atoms with Gasteiger partial charge in [0.05, 0.1) is 0 Å². The molecule has 0 bridgehead atoms. The van der Waals surface area contributed by atoms with Gasteiger partial charge in [0.15, 0.2) is 0 Å². The molecule has 1 saturated heterocycles. The second-order valence-electron chi connectivity index (χ2n) is 6.48. The van der Waals surface area contributed by atoms with E-state index in [1.165, 1.54) is 32.2 Å². The summed E-state index contributed by atoms with van der Waals surface area (Å²) in [7, 11) is 0. The minimum Gasteiger partial charge on any atom is -0.481 e. The highest BCUT2D eigenvalue weighted by molar-refractivity contribution is 5.67. The molecule has 3 unspecified atom stereocenters. The smallest absolute Gasteiger partial charge is 0.303 e.